The Balaban J connectivity index is 1.66. The molecule has 130 valence electrons. The number of amides is 2. The minimum Gasteiger partial charge on any atom is -0.306 e. The third-order valence-electron chi connectivity index (χ3n) is 4.32. The summed E-state index contributed by atoms with van der Waals surface area (Å²) in [5.74, 6) is 0.704. The van der Waals surface area contributed by atoms with Crippen molar-refractivity contribution in [2.75, 3.05) is 16.8 Å². The van der Waals surface area contributed by atoms with Crippen LogP contribution in [0.15, 0.2) is 60.9 Å². The smallest absolute Gasteiger partial charge is 0.306 e. The molecule has 0 saturated carbocycles. The molecule has 4 rings (SSSR count). The molecule has 0 unspecified atom stereocenters. The van der Waals surface area contributed by atoms with Crippen LogP contribution in [0, 0.1) is 0 Å². The van der Waals surface area contributed by atoms with Gasteiger partial charge in [0.2, 0.25) is 0 Å². The first-order valence-electron chi connectivity index (χ1n) is 8.45. The molecule has 5 nitrogen and oxygen atoms in total. The highest BCUT2D eigenvalue weighted by atomic mass is 35.5. The van der Waals surface area contributed by atoms with Crippen LogP contribution < -0.4 is 10.2 Å². The van der Waals surface area contributed by atoms with E-state index in [0.29, 0.717) is 23.1 Å². The Kier molecular flexibility index (Phi) is 4.54. The Hall–Kier alpha value is -2.92. The number of rotatable bonds is 2. The van der Waals surface area contributed by atoms with Crippen molar-refractivity contribution in [3.05, 3.63) is 71.5 Å². The molecule has 3 heterocycles. The Morgan fingerprint density at radius 1 is 1.15 bits per heavy atom. The lowest BCUT2D eigenvalue weighted by Gasteiger charge is -2.28. The van der Waals surface area contributed by atoms with Crippen molar-refractivity contribution in [1.29, 1.82) is 0 Å². The van der Waals surface area contributed by atoms with Crippen LogP contribution in [0.1, 0.15) is 12.0 Å². The van der Waals surface area contributed by atoms with Gasteiger partial charge in [-0.1, -0.05) is 29.8 Å². The second-order valence-corrected chi connectivity index (χ2v) is 6.55. The van der Waals surface area contributed by atoms with Gasteiger partial charge in [-0.2, -0.15) is 0 Å². The number of urea groups is 1. The lowest BCUT2D eigenvalue weighted by atomic mass is 10.0. The van der Waals surface area contributed by atoms with Crippen LogP contribution in [0.4, 0.5) is 16.3 Å². The predicted molar refractivity (Wildman–Crippen MR) is 104 cm³/mol. The van der Waals surface area contributed by atoms with E-state index in [-0.39, 0.29) is 6.03 Å². The molecule has 1 aliphatic heterocycles. The summed E-state index contributed by atoms with van der Waals surface area (Å²) in [7, 11) is 0. The largest absolute Gasteiger partial charge is 0.327 e. The SMILES string of the molecule is O=C(Nc1cccnc1)N1CCCc2ccc(-c3cccc(Cl)c3)nc21. The van der Waals surface area contributed by atoms with E-state index in [1.165, 1.54) is 0 Å². The third-order valence-corrected chi connectivity index (χ3v) is 4.55. The number of pyridine rings is 2. The average molecular weight is 365 g/mol. The van der Waals surface area contributed by atoms with Gasteiger partial charge in [0.15, 0.2) is 0 Å². The zero-order chi connectivity index (χ0) is 17.9. The summed E-state index contributed by atoms with van der Waals surface area (Å²) in [5, 5.41) is 3.54. The number of nitrogens with one attached hydrogen (secondary N) is 1. The van der Waals surface area contributed by atoms with Gasteiger partial charge in [-0.15, -0.1) is 0 Å². The van der Waals surface area contributed by atoms with Gasteiger partial charge in [0.1, 0.15) is 5.82 Å². The molecule has 1 aliphatic rings. The third kappa shape index (κ3) is 3.39. The van der Waals surface area contributed by atoms with Gasteiger partial charge in [0.05, 0.1) is 17.6 Å². The summed E-state index contributed by atoms with van der Waals surface area (Å²) >= 11 is 6.10. The van der Waals surface area contributed by atoms with Crippen molar-refractivity contribution in [1.82, 2.24) is 9.97 Å². The number of fused-ring (bicyclic) bond motifs is 1. The molecular weight excluding hydrogens is 348 g/mol. The average Bonchev–Trinajstić information content (AvgIpc) is 2.68. The summed E-state index contributed by atoms with van der Waals surface area (Å²) in [5.41, 5.74) is 3.46. The Morgan fingerprint density at radius 2 is 2.08 bits per heavy atom. The van der Waals surface area contributed by atoms with Gasteiger partial charge in [-0.05, 0) is 48.7 Å². The van der Waals surface area contributed by atoms with Crippen molar-refractivity contribution < 1.29 is 4.79 Å². The van der Waals surface area contributed by atoms with Crippen molar-refractivity contribution in [3.63, 3.8) is 0 Å². The highest BCUT2D eigenvalue weighted by molar-refractivity contribution is 6.30. The number of halogens is 1. The number of hydrogen-bond donors (Lipinski definition) is 1. The summed E-state index contributed by atoms with van der Waals surface area (Å²) < 4.78 is 0. The van der Waals surface area contributed by atoms with E-state index in [1.54, 1.807) is 23.4 Å². The lowest BCUT2D eigenvalue weighted by molar-refractivity contribution is 0.256. The van der Waals surface area contributed by atoms with Gasteiger partial charge in [-0.3, -0.25) is 9.88 Å². The first-order valence-corrected chi connectivity index (χ1v) is 8.83. The molecule has 0 bridgehead atoms. The fourth-order valence-corrected chi connectivity index (χ4v) is 3.26. The zero-order valence-electron chi connectivity index (χ0n) is 14.0. The number of anilines is 2. The highest BCUT2D eigenvalue weighted by Gasteiger charge is 2.24. The van der Waals surface area contributed by atoms with E-state index in [0.717, 1.165) is 29.7 Å². The molecule has 2 amide bonds. The number of aryl methyl sites for hydroxylation is 1. The molecule has 0 radical (unpaired) electrons. The van der Waals surface area contributed by atoms with E-state index in [2.05, 4.69) is 10.3 Å². The maximum absolute atomic E-state index is 12.8. The van der Waals surface area contributed by atoms with E-state index in [1.807, 2.05) is 42.5 Å². The Morgan fingerprint density at radius 3 is 2.88 bits per heavy atom. The van der Waals surface area contributed by atoms with Crippen LogP contribution in [-0.4, -0.2) is 22.5 Å². The molecule has 6 heteroatoms. The normalized spacial score (nSPS) is 13.2. The summed E-state index contributed by atoms with van der Waals surface area (Å²) in [6, 6.07) is 15.0. The number of carbonyl (C=O) groups excluding carboxylic acids is 1. The van der Waals surface area contributed by atoms with Gasteiger partial charge in [-0.25, -0.2) is 9.78 Å². The number of nitrogens with zero attached hydrogens (tertiary/aromatic N) is 3. The van der Waals surface area contributed by atoms with Crippen LogP contribution in [-0.2, 0) is 6.42 Å². The van der Waals surface area contributed by atoms with Crippen LogP contribution in [0.25, 0.3) is 11.3 Å². The van der Waals surface area contributed by atoms with Crippen molar-refractivity contribution >= 4 is 29.1 Å². The van der Waals surface area contributed by atoms with Gasteiger partial charge in [0.25, 0.3) is 0 Å². The fraction of sp³-hybridized carbons (Fsp3) is 0.150. The van der Waals surface area contributed by atoms with Gasteiger partial charge < -0.3 is 5.32 Å². The molecular formula is C20H17ClN4O. The minimum absolute atomic E-state index is 0.199. The molecule has 1 N–H and O–H groups in total. The fourth-order valence-electron chi connectivity index (χ4n) is 3.07. The topological polar surface area (TPSA) is 58.1 Å². The molecule has 1 aromatic carbocycles. The second kappa shape index (κ2) is 7.14. The molecule has 0 spiro atoms. The highest BCUT2D eigenvalue weighted by Crippen LogP contribution is 2.30. The van der Waals surface area contributed by atoms with E-state index in [9.17, 15) is 4.79 Å². The van der Waals surface area contributed by atoms with Crippen LogP contribution in [0.3, 0.4) is 0 Å². The number of hydrogen-bond acceptors (Lipinski definition) is 3. The van der Waals surface area contributed by atoms with E-state index < -0.39 is 0 Å². The first kappa shape index (κ1) is 16.5. The molecule has 0 fully saturated rings. The molecule has 2 aromatic heterocycles. The molecule has 0 atom stereocenters. The molecule has 26 heavy (non-hydrogen) atoms. The quantitative estimate of drug-likeness (QED) is 0.711. The number of aromatic nitrogens is 2. The standard InChI is InChI=1S/C20H17ClN4O/c21-16-6-1-4-15(12-16)18-9-8-14-5-3-11-25(19(14)24-18)20(26)23-17-7-2-10-22-13-17/h1-2,4,6-10,12-13H,3,5,11H2,(H,23,26). The maximum Gasteiger partial charge on any atom is 0.327 e. The Labute approximate surface area is 156 Å². The summed E-state index contributed by atoms with van der Waals surface area (Å²) in [6.07, 6.45) is 5.11. The summed E-state index contributed by atoms with van der Waals surface area (Å²) in [6.45, 7) is 0.630. The van der Waals surface area contributed by atoms with Crippen molar-refractivity contribution in [2.24, 2.45) is 0 Å². The van der Waals surface area contributed by atoms with Crippen LogP contribution in [0.2, 0.25) is 5.02 Å². The predicted octanol–water partition coefficient (Wildman–Crippen LogP) is 4.78. The van der Waals surface area contributed by atoms with E-state index in [4.69, 9.17) is 16.6 Å². The first-order chi connectivity index (χ1) is 12.7. The second-order valence-electron chi connectivity index (χ2n) is 6.12. The van der Waals surface area contributed by atoms with Crippen LogP contribution in [0.5, 0.6) is 0 Å². The van der Waals surface area contributed by atoms with Gasteiger partial charge >= 0.3 is 6.03 Å². The maximum atomic E-state index is 12.8. The minimum atomic E-state index is -0.199. The Bertz CT molecular complexity index is 946. The number of carbonyl (C=O) groups is 1. The zero-order valence-corrected chi connectivity index (χ0v) is 14.8. The summed E-state index contributed by atoms with van der Waals surface area (Å²) in [4.78, 5) is 23.2. The lowest BCUT2D eigenvalue weighted by Crippen LogP contribution is -2.39. The molecule has 0 aliphatic carbocycles. The van der Waals surface area contributed by atoms with Crippen LogP contribution >= 0.6 is 11.6 Å². The molecule has 0 saturated heterocycles. The molecule has 3 aromatic rings. The van der Waals surface area contributed by atoms with E-state index >= 15 is 0 Å². The van der Waals surface area contributed by atoms with Gasteiger partial charge in [0, 0.05) is 23.3 Å². The monoisotopic (exact) mass is 364 g/mol. The number of benzene rings is 1. The van der Waals surface area contributed by atoms with Crippen molar-refractivity contribution in [3.8, 4) is 11.3 Å². The van der Waals surface area contributed by atoms with Crippen molar-refractivity contribution in [2.45, 2.75) is 12.8 Å².